The predicted octanol–water partition coefficient (Wildman–Crippen LogP) is -2.96. The summed E-state index contributed by atoms with van der Waals surface area (Å²) in [7, 11) is -9.36. The second-order valence-corrected chi connectivity index (χ2v) is 6.06. The van der Waals surface area contributed by atoms with Gasteiger partial charge in [-0.05, 0) is 0 Å². The van der Waals surface area contributed by atoms with Crippen LogP contribution in [0.3, 0.4) is 0 Å². The van der Waals surface area contributed by atoms with Gasteiger partial charge in [0.2, 0.25) is 0 Å². The van der Waals surface area contributed by atoms with Crippen LogP contribution in [0, 0.1) is 0 Å². The molecule has 4 atom stereocenters. The topological polar surface area (TPSA) is 180 Å². The number of aliphatic hydroxyl groups is 2. The Balaban J connectivity index is 2.61. The summed E-state index contributed by atoms with van der Waals surface area (Å²) in [6, 6.07) is -1.52. The summed E-state index contributed by atoms with van der Waals surface area (Å²) in [6.07, 6.45) is -4.67. The van der Waals surface area contributed by atoms with E-state index in [-0.39, 0.29) is 6.42 Å². The van der Waals surface area contributed by atoms with Crippen LogP contribution < -0.4 is 4.72 Å². The van der Waals surface area contributed by atoms with E-state index in [0.29, 0.717) is 0 Å². The van der Waals surface area contributed by atoms with Gasteiger partial charge in [-0.3, -0.25) is 9.11 Å². The number of hydrogen-bond donors (Lipinski definition) is 5. The van der Waals surface area contributed by atoms with E-state index in [1.807, 2.05) is 0 Å². The highest BCUT2D eigenvalue weighted by atomic mass is 32.3. The standard InChI is InChI=1S/C6H13NO10S2/c8-4-1-3(2-16-19(13,14)15)17-6(9)5(4)7-18(10,11)12/h3-9H,1-2H2,(H,10,11,12)(H,13,14,15)/t3?,4-,5?,6+/m1/s1. The van der Waals surface area contributed by atoms with E-state index in [9.17, 15) is 27.0 Å². The van der Waals surface area contributed by atoms with E-state index in [1.165, 1.54) is 0 Å². The third-order valence-corrected chi connectivity index (χ3v) is 3.25. The molecule has 1 saturated heterocycles. The van der Waals surface area contributed by atoms with Crippen LogP contribution in [0.1, 0.15) is 6.42 Å². The lowest BCUT2D eigenvalue weighted by Gasteiger charge is -2.36. The molecule has 5 N–H and O–H groups in total. The Morgan fingerprint density at radius 1 is 1.21 bits per heavy atom. The molecular formula is C6H13NO10S2. The van der Waals surface area contributed by atoms with Gasteiger partial charge in [0.1, 0.15) is 6.04 Å². The van der Waals surface area contributed by atoms with Crippen molar-refractivity contribution in [3.63, 3.8) is 0 Å². The molecule has 1 fully saturated rings. The SMILES string of the molecule is O=S(=O)(O)NC1[C@H](O)CC(COS(=O)(=O)O)O[C@@H]1O. The van der Waals surface area contributed by atoms with Crippen LogP contribution in [-0.2, 0) is 29.6 Å². The van der Waals surface area contributed by atoms with Gasteiger partial charge in [-0.1, -0.05) is 0 Å². The van der Waals surface area contributed by atoms with E-state index < -0.39 is 51.8 Å². The van der Waals surface area contributed by atoms with Crippen molar-refractivity contribution in [3.8, 4) is 0 Å². The third-order valence-electron chi connectivity index (χ3n) is 2.25. The molecule has 0 bridgehead atoms. The Morgan fingerprint density at radius 3 is 2.21 bits per heavy atom. The van der Waals surface area contributed by atoms with Crippen LogP contribution in [0.25, 0.3) is 0 Å². The van der Waals surface area contributed by atoms with Gasteiger partial charge in [0.25, 0.3) is 0 Å². The van der Waals surface area contributed by atoms with Crippen molar-refractivity contribution in [2.75, 3.05) is 6.61 Å². The molecular weight excluding hydrogens is 310 g/mol. The minimum absolute atomic E-state index is 0.292. The molecule has 0 spiro atoms. The number of rotatable bonds is 5. The lowest BCUT2D eigenvalue weighted by Crippen LogP contribution is -2.57. The van der Waals surface area contributed by atoms with Gasteiger partial charge in [0.15, 0.2) is 6.29 Å². The zero-order chi connectivity index (χ0) is 14.8. The molecule has 2 unspecified atom stereocenters. The zero-order valence-corrected chi connectivity index (χ0v) is 10.9. The summed E-state index contributed by atoms with van der Waals surface area (Å²) < 4.78 is 68.9. The average molecular weight is 323 g/mol. The van der Waals surface area contributed by atoms with E-state index in [4.69, 9.17) is 13.8 Å². The average Bonchev–Trinajstić information content (AvgIpc) is 2.18. The molecule has 1 aliphatic heterocycles. The number of hydrogen-bond acceptors (Lipinski definition) is 8. The molecule has 1 aliphatic rings. The van der Waals surface area contributed by atoms with Crippen LogP contribution >= 0.6 is 0 Å². The van der Waals surface area contributed by atoms with Gasteiger partial charge in [0, 0.05) is 6.42 Å². The van der Waals surface area contributed by atoms with Gasteiger partial charge in [-0.2, -0.15) is 21.6 Å². The van der Waals surface area contributed by atoms with E-state index in [1.54, 1.807) is 4.72 Å². The normalized spacial score (nSPS) is 33.3. The van der Waals surface area contributed by atoms with Crippen LogP contribution in [-0.4, -0.2) is 67.3 Å². The van der Waals surface area contributed by atoms with Crippen molar-refractivity contribution in [2.24, 2.45) is 0 Å². The van der Waals surface area contributed by atoms with E-state index in [2.05, 4.69) is 4.18 Å². The molecule has 13 heteroatoms. The summed E-state index contributed by atoms with van der Waals surface area (Å²) in [5.74, 6) is 0. The first-order valence-corrected chi connectivity index (χ1v) is 7.66. The summed E-state index contributed by atoms with van der Waals surface area (Å²) in [5, 5.41) is 19.0. The lowest BCUT2D eigenvalue weighted by molar-refractivity contribution is -0.209. The van der Waals surface area contributed by atoms with Crippen LogP contribution in [0.2, 0.25) is 0 Å². The number of aliphatic hydroxyl groups excluding tert-OH is 2. The molecule has 0 aliphatic carbocycles. The van der Waals surface area contributed by atoms with Gasteiger partial charge in [-0.25, -0.2) is 4.18 Å². The lowest BCUT2D eigenvalue weighted by atomic mass is 10.0. The van der Waals surface area contributed by atoms with Crippen molar-refractivity contribution >= 4 is 20.7 Å². The minimum Gasteiger partial charge on any atom is -0.391 e. The maximum absolute atomic E-state index is 10.6. The van der Waals surface area contributed by atoms with Crippen LogP contribution in [0.5, 0.6) is 0 Å². The maximum Gasteiger partial charge on any atom is 0.397 e. The van der Waals surface area contributed by atoms with E-state index in [0.717, 1.165) is 0 Å². The fraction of sp³-hybridized carbons (Fsp3) is 1.00. The van der Waals surface area contributed by atoms with Gasteiger partial charge >= 0.3 is 20.7 Å². The minimum atomic E-state index is -4.70. The highest BCUT2D eigenvalue weighted by Gasteiger charge is 2.39. The third kappa shape index (κ3) is 6.07. The first kappa shape index (κ1) is 16.7. The van der Waals surface area contributed by atoms with Crippen molar-refractivity contribution < 1.29 is 45.1 Å². The second-order valence-electron chi connectivity index (χ2n) is 3.78. The quantitative estimate of drug-likeness (QED) is 0.328. The summed E-state index contributed by atoms with van der Waals surface area (Å²) in [6.45, 7) is -0.675. The van der Waals surface area contributed by atoms with Crippen molar-refractivity contribution in [2.45, 2.75) is 31.0 Å². The highest BCUT2D eigenvalue weighted by molar-refractivity contribution is 7.83. The highest BCUT2D eigenvalue weighted by Crippen LogP contribution is 2.20. The molecule has 11 nitrogen and oxygen atoms in total. The van der Waals surface area contributed by atoms with E-state index >= 15 is 0 Å². The fourth-order valence-corrected chi connectivity index (χ4v) is 2.46. The molecule has 0 saturated carbocycles. The molecule has 1 rings (SSSR count). The Morgan fingerprint density at radius 2 is 1.79 bits per heavy atom. The Kier molecular flexibility index (Phi) is 5.21. The summed E-state index contributed by atoms with van der Waals surface area (Å²) in [4.78, 5) is 0. The monoisotopic (exact) mass is 323 g/mol. The zero-order valence-electron chi connectivity index (χ0n) is 9.28. The smallest absolute Gasteiger partial charge is 0.391 e. The summed E-state index contributed by atoms with van der Waals surface area (Å²) >= 11 is 0. The van der Waals surface area contributed by atoms with Gasteiger partial charge in [-0.15, -0.1) is 0 Å². The maximum atomic E-state index is 10.6. The summed E-state index contributed by atoms with van der Waals surface area (Å²) in [5.41, 5.74) is 0. The predicted molar refractivity (Wildman–Crippen MR) is 57.5 cm³/mol. The van der Waals surface area contributed by atoms with Crippen LogP contribution in [0.15, 0.2) is 0 Å². The first-order valence-electron chi connectivity index (χ1n) is 4.86. The molecule has 0 aromatic carbocycles. The molecule has 1 heterocycles. The molecule has 0 radical (unpaired) electrons. The fourth-order valence-electron chi connectivity index (χ4n) is 1.52. The largest absolute Gasteiger partial charge is 0.397 e. The Hall–Kier alpha value is -0.380. The molecule has 0 amide bonds. The molecule has 114 valence electrons. The molecule has 19 heavy (non-hydrogen) atoms. The van der Waals surface area contributed by atoms with Crippen molar-refractivity contribution in [3.05, 3.63) is 0 Å². The van der Waals surface area contributed by atoms with Gasteiger partial charge < -0.3 is 14.9 Å². The Bertz CT molecular complexity index is 488. The molecule has 0 aromatic heterocycles. The van der Waals surface area contributed by atoms with Crippen molar-refractivity contribution in [1.82, 2.24) is 4.72 Å². The van der Waals surface area contributed by atoms with Crippen LogP contribution in [0.4, 0.5) is 0 Å². The number of ether oxygens (including phenoxy) is 1. The van der Waals surface area contributed by atoms with Gasteiger partial charge in [0.05, 0.1) is 18.8 Å². The molecule has 0 aromatic rings. The number of nitrogens with one attached hydrogen (secondary N) is 1. The van der Waals surface area contributed by atoms with Crippen molar-refractivity contribution in [1.29, 1.82) is 0 Å². The first-order chi connectivity index (χ1) is 8.48. The second kappa shape index (κ2) is 5.94. The Labute approximate surface area is 109 Å².